The minimum absolute atomic E-state index is 0.00450. The van der Waals surface area contributed by atoms with E-state index in [-0.39, 0.29) is 17.6 Å². The second-order valence-corrected chi connectivity index (χ2v) is 11.1. The molecule has 1 aromatic carbocycles. The lowest BCUT2D eigenvalue weighted by molar-refractivity contribution is -0.115. The maximum atomic E-state index is 13.6. The highest BCUT2D eigenvalue weighted by Gasteiger charge is 2.25. The van der Waals surface area contributed by atoms with E-state index >= 15 is 0 Å². The fourth-order valence-electron chi connectivity index (χ4n) is 4.35. The lowest BCUT2D eigenvalue weighted by Crippen LogP contribution is -2.30. The maximum Gasteiger partial charge on any atom is 0.263 e. The number of nitrogens with zero attached hydrogens (tertiary/aromatic N) is 2. The quantitative estimate of drug-likeness (QED) is 0.366. The van der Waals surface area contributed by atoms with Crippen molar-refractivity contribution in [2.75, 3.05) is 11.9 Å². The fraction of sp³-hybridized carbons (Fsp3) is 0.480. The van der Waals surface area contributed by atoms with Crippen molar-refractivity contribution in [3.8, 4) is 0 Å². The Balaban J connectivity index is 1.68. The number of thiophene rings is 1. The third-order valence-electron chi connectivity index (χ3n) is 6.22. The molecule has 0 radical (unpaired) electrons. The Morgan fingerprint density at radius 2 is 2.06 bits per heavy atom. The molecule has 8 heteroatoms. The maximum absolute atomic E-state index is 13.6. The molecule has 1 fully saturated rings. The van der Waals surface area contributed by atoms with Crippen molar-refractivity contribution in [3.05, 3.63) is 50.1 Å². The average Bonchev–Trinajstić information content (AvgIpc) is 3.40. The number of fused-ring (bicyclic) bond motifs is 1. The van der Waals surface area contributed by atoms with Gasteiger partial charge in [0.15, 0.2) is 5.16 Å². The van der Waals surface area contributed by atoms with Gasteiger partial charge in [0.1, 0.15) is 4.83 Å². The van der Waals surface area contributed by atoms with Crippen LogP contribution in [0.4, 0.5) is 5.69 Å². The van der Waals surface area contributed by atoms with Crippen LogP contribution in [-0.4, -0.2) is 33.4 Å². The number of ether oxygens (including phenoxy) is 1. The third-order valence-corrected chi connectivity index (χ3v) is 8.35. The summed E-state index contributed by atoms with van der Waals surface area (Å²) in [4.78, 5) is 33.4. The molecule has 2 aromatic heterocycles. The Labute approximate surface area is 202 Å². The van der Waals surface area contributed by atoms with E-state index in [0.717, 1.165) is 63.3 Å². The molecule has 2 unspecified atom stereocenters. The van der Waals surface area contributed by atoms with Crippen molar-refractivity contribution in [3.63, 3.8) is 0 Å². The van der Waals surface area contributed by atoms with E-state index in [0.29, 0.717) is 11.7 Å². The van der Waals surface area contributed by atoms with Crippen LogP contribution < -0.4 is 10.9 Å². The summed E-state index contributed by atoms with van der Waals surface area (Å²) < 4.78 is 7.56. The van der Waals surface area contributed by atoms with Crippen LogP contribution in [0.2, 0.25) is 0 Å². The molecule has 2 atom stereocenters. The van der Waals surface area contributed by atoms with Gasteiger partial charge in [-0.15, -0.1) is 11.3 Å². The number of aryl methyl sites for hydroxylation is 4. The SMILES string of the molecule is CCc1c(C)sc2nc(SC(C)C(=O)Nc3c(C)cccc3C)n(CC3CCCO3)c(=O)c12. The summed E-state index contributed by atoms with van der Waals surface area (Å²) in [5.41, 5.74) is 3.94. The summed E-state index contributed by atoms with van der Waals surface area (Å²) >= 11 is 2.89. The van der Waals surface area contributed by atoms with Crippen LogP contribution in [0, 0.1) is 20.8 Å². The van der Waals surface area contributed by atoms with Gasteiger partial charge in [-0.3, -0.25) is 14.2 Å². The second-order valence-electron chi connectivity index (χ2n) is 8.63. The van der Waals surface area contributed by atoms with E-state index in [9.17, 15) is 9.59 Å². The molecule has 0 saturated carbocycles. The van der Waals surface area contributed by atoms with E-state index in [1.54, 1.807) is 15.9 Å². The number of aromatic nitrogens is 2. The number of carbonyl (C=O) groups is 1. The molecule has 176 valence electrons. The Kier molecular flexibility index (Phi) is 7.26. The highest BCUT2D eigenvalue weighted by Crippen LogP contribution is 2.31. The Hall–Kier alpha value is -2.16. The molecule has 1 N–H and O–H groups in total. The molecule has 1 amide bonds. The molecule has 1 aliphatic rings. The summed E-state index contributed by atoms with van der Waals surface area (Å²) in [6, 6.07) is 5.95. The lowest BCUT2D eigenvalue weighted by atomic mass is 10.1. The Bertz CT molecular complexity index is 1220. The topological polar surface area (TPSA) is 73.2 Å². The molecule has 33 heavy (non-hydrogen) atoms. The van der Waals surface area contributed by atoms with Gasteiger partial charge in [-0.1, -0.05) is 36.9 Å². The minimum Gasteiger partial charge on any atom is -0.376 e. The largest absolute Gasteiger partial charge is 0.376 e. The third kappa shape index (κ3) is 4.88. The molecular formula is C25H31N3O3S2. The van der Waals surface area contributed by atoms with E-state index in [1.165, 1.54) is 11.8 Å². The van der Waals surface area contributed by atoms with Crippen LogP contribution in [-0.2, 0) is 22.5 Å². The molecule has 0 spiro atoms. The van der Waals surface area contributed by atoms with Gasteiger partial charge in [-0.2, -0.15) is 0 Å². The first kappa shape index (κ1) is 24.0. The molecule has 6 nitrogen and oxygen atoms in total. The molecule has 1 aliphatic heterocycles. The van der Waals surface area contributed by atoms with Crippen LogP contribution in [0.5, 0.6) is 0 Å². The van der Waals surface area contributed by atoms with Crippen molar-refractivity contribution in [2.24, 2.45) is 0 Å². The lowest BCUT2D eigenvalue weighted by Gasteiger charge is -2.19. The van der Waals surface area contributed by atoms with E-state index in [4.69, 9.17) is 9.72 Å². The summed E-state index contributed by atoms with van der Waals surface area (Å²) in [6.07, 6.45) is 2.73. The van der Waals surface area contributed by atoms with Gasteiger partial charge >= 0.3 is 0 Å². The van der Waals surface area contributed by atoms with Gasteiger partial charge in [-0.05, 0) is 63.6 Å². The van der Waals surface area contributed by atoms with Crippen molar-refractivity contribution >= 4 is 44.9 Å². The Morgan fingerprint density at radius 3 is 2.70 bits per heavy atom. The van der Waals surface area contributed by atoms with Gasteiger partial charge in [0.25, 0.3) is 5.56 Å². The summed E-state index contributed by atoms with van der Waals surface area (Å²) in [6.45, 7) is 11.1. The Morgan fingerprint density at radius 1 is 1.33 bits per heavy atom. The first-order valence-electron chi connectivity index (χ1n) is 11.5. The predicted molar refractivity (Wildman–Crippen MR) is 137 cm³/mol. The fourth-order valence-corrected chi connectivity index (χ4v) is 6.42. The predicted octanol–water partition coefficient (Wildman–Crippen LogP) is 5.24. The number of thioether (sulfide) groups is 1. The molecule has 3 aromatic rings. The number of rotatable bonds is 7. The smallest absolute Gasteiger partial charge is 0.263 e. The van der Waals surface area contributed by atoms with Gasteiger partial charge < -0.3 is 10.1 Å². The summed E-state index contributed by atoms with van der Waals surface area (Å²) in [5, 5.41) is 3.94. The van der Waals surface area contributed by atoms with Crippen LogP contribution in [0.1, 0.15) is 48.3 Å². The number of para-hydroxylation sites is 1. The summed E-state index contributed by atoms with van der Waals surface area (Å²) in [5.74, 6) is -0.105. The number of benzene rings is 1. The number of hydrogen-bond acceptors (Lipinski definition) is 6. The van der Waals surface area contributed by atoms with E-state index < -0.39 is 5.25 Å². The molecule has 0 bridgehead atoms. The summed E-state index contributed by atoms with van der Waals surface area (Å²) in [7, 11) is 0. The first-order valence-corrected chi connectivity index (χ1v) is 13.2. The average molecular weight is 486 g/mol. The van der Waals surface area contributed by atoms with Crippen molar-refractivity contribution < 1.29 is 9.53 Å². The molecule has 0 aliphatic carbocycles. The van der Waals surface area contributed by atoms with Crippen LogP contribution >= 0.6 is 23.1 Å². The van der Waals surface area contributed by atoms with Crippen LogP contribution in [0.3, 0.4) is 0 Å². The van der Waals surface area contributed by atoms with Crippen molar-refractivity contribution in [1.82, 2.24) is 9.55 Å². The monoisotopic (exact) mass is 485 g/mol. The molecule has 4 rings (SSSR count). The zero-order valence-electron chi connectivity index (χ0n) is 19.9. The number of amides is 1. The van der Waals surface area contributed by atoms with Gasteiger partial charge in [0.2, 0.25) is 5.91 Å². The number of nitrogens with one attached hydrogen (secondary N) is 1. The zero-order chi connectivity index (χ0) is 23.7. The number of carbonyl (C=O) groups excluding carboxylic acids is 1. The number of hydrogen-bond donors (Lipinski definition) is 1. The van der Waals surface area contributed by atoms with Crippen LogP contribution in [0.25, 0.3) is 10.2 Å². The molecular weight excluding hydrogens is 454 g/mol. The van der Waals surface area contributed by atoms with Crippen molar-refractivity contribution in [2.45, 2.75) is 76.9 Å². The van der Waals surface area contributed by atoms with E-state index in [2.05, 4.69) is 12.2 Å². The van der Waals surface area contributed by atoms with Gasteiger partial charge in [0.05, 0.1) is 23.3 Å². The minimum atomic E-state index is -0.421. The highest BCUT2D eigenvalue weighted by molar-refractivity contribution is 8.00. The zero-order valence-corrected chi connectivity index (χ0v) is 21.5. The van der Waals surface area contributed by atoms with E-state index in [1.807, 2.05) is 45.9 Å². The van der Waals surface area contributed by atoms with Crippen LogP contribution in [0.15, 0.2) is 28.2 Å². The number of anilines is 1. The first-order chi connectivity index (χ1) is 15.8. The van der Waals surface area contributed by atoms with Crippen molar-refractivity contribution in [1.29, 1.82) is 0 Å². The molecule has 1 saturated heterocycles. The standard InChI is InChI=1S/C25H31N3O3S2/c1-6-19-16(4)32-23-20(19)24(30)28(13-18-11-8-12-31-18)25(27-23)33-17(5)22(29)26-21-14(2)9-7-10-15(21)3/h7,9-10,17-18H,6,8,11-13H2,1-5H3,(H,26,29). The van der Waals surface area contributed by atoms with Gasteiger partial charge in [-0.25, -0.2) is 4.98 Å². The molecule has 3 heterocycles. The highest BCUT2D eigenvalue weighted by atomic mass is 32.2. The normalized spacial score (nSPS) is 16.9. The second kappa shape index (κ2) is 9.99. The van der Waals surface area contributed by atoms with Gasteiger partial charge in [0, 0.05) is 17.2 Å².